The summed E-state index contributed by atoms with van der Waals surface area (Å²) in [5.74, 6) is -1.58. The van der Waals surface area contributed by atoms with Crippen LogP contribution in [0.15, 0.2) is 12.2 Å². The first kappa shape index (κ1) is 63.4. The molecule has 0 amide bonds. The van der Waals surface area contributed by atoms with E-state index < -0.39 is 44.4 Å². The summed E-state index contributed by atoms with van der Waals surface area (Å²) in [7, 11) is 1.15. The quantitative estimate of drug-likeness (QED) is 0.0209. The Hall–Kier alpha value is -1.58. The lowest BCUT2D eigenvalue weighted by Crippen LogP contribution is -2.51. The van der Waals surface area contributed by atoms with Gasteiger partial charge in [-0.1, -0.05) is 213 Å². The number of likely N-dealkylation sites (N-methyl/N-ethyl adjacent to an activating group) is 1. The molecular formula is C54H105NO9P+. The van der Waals surface area contributed by atoms with Crippen LogP contribution in [-0.4, -0.2) is 80.2 Å². The van der Waals surface area contributed by atoms with E-state index in [1.54, 1.807) is 0 Å². The van der Waals surface area contributed by atoms with Gasteiger partial charge < -0.3 is 18.9 Å². The number of ether oxygens (including phenoxy) is 2. The number of carbonyl (C=O) groups excluding carboxylic acids is 3. The Kier molecular flexibility index (Phi) is 42.6. The van der Waals surface area contributed by atoms with E-state index in [2.05, 4.69) is 32.9 Å². The van der Waals surface area contributed by atoms with Gasteiger partial charge in [-0.05, 0) is 44.9 Å². The zero-order valence-corrected chi connectivity index (χ0v) is 44.4. The third-order valence-electron chi connectivity index (χ3n) is 12.4. The molecule has 2 atom stereocenters. The zero-order valence-electron chi connectivity index (χ0n) is 43.5. The van der Waals surface area contributed by atoms with Gasteiger partial charge in [0.15, 0.2) is 5.78 Å². The number of hydrogen-bond donors (Lipinski definition) is 1. The average molecular weight is 943 g/mol. The summed E-state index contributed by atoms with van der Waals surface area (Å²) in [6.45, 7) is 5.78. The summed E-state index contributed by atoms with van der Waals surface area (Å²) < 4.78 is 36.1. The van der Waals surface area contributed by atoms with Crippen molar-refractivity contribution in [3.8, 4) is 0 Å². The molecule has 10 nitrogen and oxygen atoms in total. The molecule has 0 spiro atoms. The van der Waals surface area contributed by atoms with E-state index in [9.17, 15) is 23.8 Å². The first-order valence-corrected chi connectivity index (χ1v) is 28.8. The Labute approximate surface area is 401 Å². The molecule has 0 heterocycles. The number of phosphoric ester groups is 1. The van der Waals surface area contributed by atoms with Crippen LogP contribution in [0, 0.1) is 0 Å². The van der Waals surface area contributed by atoms with Gasteiger partial charge in [0.2, 0.25) is 5.60 Å². The lowest BCUT2D eigenvalue weighted by molar-refractivity contribution is -0.870. The summed E-state index contributed by atoms with van der Waals surface area (Å²) in [6, 6.07) is 0. The van der Waals surface area contributed by atoms with Gasteiger partial charge >= 0.3 is 19.8 Å². The Morgan fingerprint density at radius 2 is 0.831 bits per heavy atom. The first-order chi connectivity index (χ1) is 31.3. The summed E-state index contributed by atoms with van der Waals surface area (Å²) in [4.78, 5) is 51.6. The Morgan fingerprint density at radius 3 is 1.23 bits per heavy atom. The number of phosphoric acid groups is 1. The smallest absolute Gasteiger partial charge is 0.461 e. The number of quaternary nitrogens is 1. The summed E-state index contributed by atoms with van der Waals surface area (Å²) in [6.07, 6.45) is 44.5. The average Bonchev–Trinajstić information content (AvgIpc) is 3.26. The van der Waals surface area contributed by atoms with Gasteiger partial charge in [0.1, 0.15) is 26.4 Å². The van der Waals surface area contributed by atoms with Crippen molar-refractivity contribution in [1.82, 2.24) is 0 Å². The zero-order chi connectivity index (χ0) is 48.2. The van der Waals surface area contributed by atoms with Crippen LogP contribution >= 0.6 is 7.82 Å². The van der Waals surface area contributed by atoms with Crippen molar-refractivity contribution < 1.29 is 46.8 Å². The van der Waals surface area contributed by atoms with Crippen molar-refractivity contribution in [2.75, 3.05) is 47.5 Å². The van der Waals surface area contributed by atoms with Crippen LogP contribution < -0.4 is 0 Å². The number of nitrogens with zero attached hydrogens (tertiary/aromatic N) is 1. The molecule has 0 aromatic heterocycles. The molecule has 11 heteroatoms. The number of rotatable bonds is 50. The molecule has 0 aliphatic carbocycles. The van der Waals surface area contributed by atoms with Gasteiger partial charge in [-0.2, -0.15) is 0 Å². The van der Waals surface area contributed by atoms with E-state index in [1.165, 1.54) is 128 Å². The molecule has 1 unspecified atom stereocenters. The van der Waals surface area contributed by atoms with Gasteiger partial charge in [-0.15, -0.1) is 0 Å². The second-order valence-electron chi connectivity index (χ2n) is 20.0. The Morgan fingerprint density at radius 1 is 0.477 bits per heavy atom. The number of esters is 2. The highest BCUT2D eigenvalue weighted by Gasteiger charge is 2.46. The van der Waals surface area contributed by atoms with Crippen molar-refractivity contribution in [1.29, 1.82) is 0 Å². The largest absolute Gasteiger partial charge is 0.472 e. The second-order valence-corrected chi connectivity index (χ2v) is 21.5. The first-order valence-electron chi connectivity index (χ1n) is 27.3. The van der Waals surface area contributed by atoms with Crippen LogP contribution in [-0.2, 0) is 37.5 Å². The van der Waals surface area contributed by atoms with Gasteiger partial charge in [-0.25, -0.2) is 4.57 Å². The maximum Gasteiger partial charge on any atom is 0.472 e. The van der Waals surface area contributed by atoms with E-state index in [0.717, 1.165) is 77.0 Å². The Balaban J connectivity index is 5.55. The fraction of sp³-hybridized carbons (Fsp3) is 0.907. The van der Waals surface area contributed by atoms with E-state index in [4.69, 9.17) is 18.5 Å². The number of carbonyl (C=O) groups is 3. The molecule has 0 saturated heterocycles. The molecule has 0 aromatic rings. The predicted octanol–water partition coefficient (Wildman–Crippen LogP) is 15.7. The molecule has 65 heavy (non-hydrogen) atoms. The normalized spacial score (nSPS) is 13.8. The van der Waals surface area contributed by atoms with E-state index in [-0.39, 0.29) is 25.9 Å². The Bertz CT molecular complexity index is 1210. The molecule has 0 saturated carbocycles. The molecule has 384 valence electrons. The van der Waals surface area contributed by atoms with Gasteiger partial charge in [0.05, 0.1) is 21.1 Å². The molecule has 0 fully saturated rings. The predicted molar refractivity (Wildman–Crippen MR) is 271 cm³/mol. The number of ketones is 1. The van der Waals surface area contributed by atoms with E-state index >= 15 is 0 Å². The summed E-state index contributed by atoms with van der Waals surface area (Å²) >= 11 is 0. The number of Topliss-reactive ketones (excluding diaryl/α,β-unsaturated/α-hetero) is 1. The molecule has 0 aromatic carbocycles. The van der Waals surface area contributed by atoms with Crippen LogP contribution in [0.5, 0.6) is 0 Å². The lowest BCUT2D eigenvalue weighted by atomic mass is 9.94. The van der Waals surface area contributed by atoms with Gasteiger partial charge in [0.25, 0.3) is 0 Å². The maximum atomic E-state index is 14.3. The molecule has 0 aliphatic rings. The molecular weight excluding hydrogens is 838 g/mol. The minimum atomic E-state index is -4.66. The topological polar surface area (TPSA) is 125 Å². The molecule has 0 aliphatic heterocycles. The van der Waals surface area contributed by atoms with Gasteiger partial charge in [0, 0.05) is 19.3 Å². The van der Waals surface area contributed by atoms with E-state index in [1.807, 2.05) is 21.1 Å². The highest BCUT2D eigenvalue weighted by Crippen LogP contribution is 2.44. The van der Waals surface area contributed by atoms with Crippen LogP contribution in [0.2, 0.25) is 0 Å². The van der Waals surface area contributed by atoms with Crippen molar-refractivity contribution in [2.24, 2.45) is 0 Å². The fourth-order valence-electron chi connectivity index (χ4n) is 7.96. The fourth-order valence-corrected chi connectivity index (χ4v) is 8.72. The highest BCUT2D eigenvalue weighted by molar-refractivity contribution is 7.47. The number of hydrogen-bond acceptors (Lipinski definition) is 8. The minimum absolute atomic E-state index is 0.0558. The highest BCUT2D eigenvalue weighted by atomic mass is 31.2. The summed E-state index contributed by atoms with van der Waals surface area (Å²) in [5.41, 5.74) is -2.07. The molecule has 0 rings (SSSR count). The second kappa shape index (κ2) is 43.7. The molecule has 0 bridgehead atoms. The SMILES string of the molecule is CCCCCCCC/C=C\CCCCCCCC(=O)[C@@](COC(=O)CCCCCCCCCCCCC)(COP(=O)(O)OCC[N+](C)(C)C)OC(=O)CCCCCCCCCCCCC. The monoisotopic (exact) mass is 943 g/mol. The maximum absolute atomic E-state index is 14.3. The van der Waals surface area contributed by atoms with Crippen LogP contribution in [0.1, 0.15) is 265 Å². The van der Waals surface area contributed by atoms with Crippen LogP contribution in [0.4, 0.5) is 0 Å². The molecule has 1 N–H and O–H groups in total. The third-order valence-corrected chi connectivity index (χ3v) is 13.4. The van der Waals surface area contributed by atoms with Crippen LogP contribution in [0.25, 0.3) is 0 Å². The van der Waals surface area contributed by atoms with E-state index in [0.29, 0.717) is 30.3 Å². The number of allylic oxidation sites excluding steroid dienone is 2. The third kappa shape index (κ3) is 42.3. The minimum Gasteiger partial charge on any atom is -0.461 e. The van der Waals surface area contributed by atoms with Crippen LogP contribution in [0.3, 0.4) is 0 Å². The standard InChI is InChI=1S/C54H104NO9P/c1-7-10-13-16-19-22-25-26-27-28-31-32-35-38-41-44-51(56)54(50-63-65(59,60)62-48-47-55(4,5)6,64-53(58)46-43-40-37-34-30-24-21-18-15-12-9-3)49-61-52(57)45-42-39-36-33-29-23-20-17-14-11-8-2/h26-27H,7-25,28-50H2,1-6H3/p+1/b27-26-/t54-/m1/s1. The van der Waals surface area contributed by atoms with Crippen molar-refractivity contribution in [3.05, 3.63) is 12.2 Å². The number of unbranched alkanes of at least 4 members (excludes halogenated alkanes) is 31. The lowest BCUT2D eigenvalue weighted by Gasteiger charge is -2.32. The van der Waals surface area contributed by atoms with Gasteiger partial charge in [-0.3, -0.25) is 23.4 Å². The summed E-state index contributed by atoms with van der Waals surface area (Å²) in [5, 5.41) is 0. The van der Waals surface area contributed by atoms with Crippen molar-refractivity contribution in [2.45, 2.75) is 270 Å². The van der Waals surface area contributed by atoms with Crippen molar-refractivity contribution in [3.63, 3.8) is 0 Å². The van der Waals surface area contributed by atoms with Crippen molar-refractivity contribution >= 4 is 25.5 Å². The molecule has 0 radical (unpaired) electrons.